The van der Waals surface area contributed by atoms with Crippen LogP contribution >= 0.6 is 0 Å². The number of ether oxygens (including phenoxy) is 2. The molecule has 144 valence electrons. The molecule has 0 spiro atoms. The number of benzene rings is 2. The molecular weight excluding hydrogens is 354 g/mol. The molecule has 4 rings (SSSR count). The molecule has 0 saturated carbocycles. The van der Waals surface area contributed by atoms with E-state index in [0.717, 1.165) is 29.1 Å². The SMILES string of the molecule is COc1ccc(-n2nc(NC(=O)[C@H]3CC[C@@H](c4ccccc4)O3)cc2C)cc1. The largest absolute Gasteiger partial charge is 0.497 e. The van der Waals surface area contributed by atoms with E-state index in [1.807, 2.05) is 67.6 Å². The number of nitrogens with one attached hydrogen (secondary N) is 1. The van der Waals surface area contributed by atoms with Crippen molar-refractivity contribution in [2.24, 2.45) is 0 Å². The third kappa shape index (κ3) is 3.77. The lowest BCUT2D eigenvalue weighted by Crippen LogP contribution is -2.27. The van der Waals surface area contributed by atoms with E-state index in [4.69, 9.17) is 9.47 Å². The highest BCUT2D eigenvalue weighted by Crippen LogP contribution is 2.33. The molecule has 2 heterocycles. The lowest BCUT2D eigenvalue weighted by atomic mass is 10.1. The Morgan fingerprint density at radius 1 is 1.14 bits per heavy atom. The standard InChI is InChI=1S/C22H23N3O3/c1-15-14-21(24-25(15)17-8-10-18(27-2)11-9-17)23-22(26)20-13-12-19(28-20)16-6-4-3-5-7-16/h3-11,14,19-20H,12-13H2,1-2H3,(H,23,24,26)/t19-,20+/m0/s1. The highest BCUT2D eigenvalue weighted by molar-refractivity contribution is 5.93. The fourth-order valence-corrected chi connectivity index (χ4v) is 3.47. The van der Waals surface area contributed by atoms with E-state index in [9.17, 15) is 4.79 Å². The average molecular weight is 377 g/mol. The Labute approximate surface area is 164 Å². The number of aromatic nitrogens is 2. The van der Waals surface area contributed by atoms with E-state index in [2.05, 4.69) is 10.4 Å². The van der Waals surface area contributed by atoms with Gasteiger partial charge in [0.1, 0.15) is 11.9 Å². The van der Waals surface area contributed by atoms with Crippen LogP contribution < -0.4 is 10.1 Å². The molecule has 0 bridgehead atoms. The summed E-state index contributed by atoms with van der Waals surface area (Å²) >= 11 is 0. The molecule has 0 radical (unpaired) electrons. The predicted molar refractivity (Wildman–Crippen MR) is 107 cm³/mol. The third-order valence-corrected chi connectivity index (χ3v) is 4.94. The van der Waals surface area contributed by atoms with Crippen LogP contribution in [0.2, 0.25) is 0 Å². The minimum Gasteiger partial charge on any atom is -0.497 e. The summed E-state index contributed by atoms with van der Waals surface area (Å²) in [5.41, 5.74) is 2.94. The van der Waals surface area contributed by atoms with Crippen LogP contribution in [0.15, 0.2) is 60.7 Å². The molecule has 0 aliphatic carbocycles. The van der Waals surface area contributed by atoms with Gasteiger partial charge in [0.15, 0.2) is 5.82 Å². The average Bonchev–Trinajstić information content (AvgIpc) is 3.36. The van der Waals surface area contributed by atoms with E-state index in [-0.39, 0.29) is 12.0 Å². The maximum Gasteiger partial charge on any atom is 0.254 e. The molecule has 2 aromatic carbocycles. The first kappa shape index (κ1) is 18.3. The van der Waals surface area contributed by atoms with Crippen LogP contribution in [0.4, 0.5) is 5.82 Å². The van der Waals surface area contributed by atoms with E-state index in [0.29, 0.717) is 12.2 Å². The van der Waals surface area contributed by atoms with Gasteiger partial charge in [-0.15, -0.1) is 5.10 Å². The molecule has 1 amide bonds. The normalized spacial score (nSPS) is 18.8. The Hall–Kier alpha value is -3.12. The summed E-state index contributed by atoms with van der Waals surface area (Å²) in [4.78, 5) is 12.6. The van der Waals surface area contributed by atoms with Gasteiger partial charge in [0, 0.05) is 11.8 Å². The van der Waals surface area contributed by atoms with E-state index >= 15 is 0 Å². The van der Waals surface area contributed by atoms with Gasteiger partial charge in [-0.3, -0.25) is 4.79 Å². The van der Waals surface area contributed by atoms with Crippen LogP contribution in [-0.2, 0) is 9.53 Å². The first-order valence-electron chi connectivity index (χ1n) is 9.36. The summed E-state index contributed by atoms with van der Waals surface area (Å²) < 4.78 is 12.9. The highest BCUT2D eigenvalue weighted by Gasteiger charge is 2.31. The van der Waals surface area contributed by atoms with Crippen molar-refractivity contribution < 1.29 is 14.3 Å². The number of methoxy groups -OCH3 is 1. The maximum absolute atomic E-state index is 12.6. The number of amides is 1. The van der Waals surface area contributed by atoms with Gasteiger partial charge in [0.25, 0.3) is 5.91 Å². The fourth-order valence-electron chi connectivity index (χ4n) is 3.47. The summed E-state index contributed by atoms with van der Waals surface area (Å²) in [6.07, 6.45) is 1.04. The number of hydrogen-bond donors (Lipinski definition) is 1. The highest BCUT2D eigenvalue weighted by atomic mass is 16.5. The number of hydrogen-bond acceptors (Lipinski definition) is 4. The summed E-state index contributed by atoms with van der Waals surface area (Å²) in [7, 11) is 1.63. The van der Waals surface area contributed by atoms with Gasteiger partial charge in [-0.2, -0.15) is 0 Å². The van der Waals surface area contributed by atoms with Gasteiger partial charge in [0.05, 0.1) is 18.9 Å². The quantitative estimate of drug-likeness (QED) is 0.729. The summed E-state index contributed by atoms with van der Waals surface area (Å²) in [6.45, 7) is 1.95. The first-order valence-corrected chi connectivity index (χ1v) is 9.36. The van der Waals surface area contributed by atoms with Crippen LogP contribution in [0, 0.1) is 6.92 Å². The van der Waals surface area contributed by atoms with Crippen molar-refractivity contribution in [1.29, 1.82) is 0 Å². The van der Waals surface area contributed by atoms with Crippen LogP contribution in [0.3, 0.4) is 0 Å². The summed E-state index contributed by atoms with van der Waals surface area (Å²) in [5.74, 6) is 1.15. The van der Waals surface area contributed by atoms with Crippen molar-refractivity contribution in [3.05, 3.63) is 71.9 Å². The second-order valence-corrected chi connectivity index (χ2v) is 6.87. The van der Waals surface area contributed by atoms with Crippen molar-refractivity contribution in [2.75, 3.05) is 12.4 Å². The number of nitrogens with zero attached hydrogens (tertiary/aromatic N) is 2. The van der Waals surface area contributed by atoms with Gasteiger partial charge in [-0.05, 0) is 49.6 Å². The number of carbonyl (C=O) groups excluding carboxylic acids is 1. The Morgan fingerprint density at radius 2 is 1.89 bits per heavy atom. The number of aryl methyl sites for hydroxylation is 1. The van der Waals surface area contributed by atoms with Gasteiger partial charge in [0.2, 0.25) is 0 Å². The molecule has 1 saturated heterocycles. The fraction of sp³-hybridized carbons (Fsp3) is 0.273. The Kier molecular flexibility index (Phi) is 5.12. The molecular formula is C22H23N3O3. The number of rotatable bonds is 5. The molecule has 0 unspecified atom stereocenters. The zero-order chi connectivity index (χ0) is 19.5. The van der Waals surface area contributed by atoms with Crippen LogP contribution in [0.5, 0.6) is 5.75 Å². The van der Waals surface area contributed by atoms with Gasteiger partial charge >= 0.3 is 0 Å². The minimum absolute atomic E-state index is 0.0319. The van der Waals surface area contributed by atoms with Gasteiger partial charge < -0.3 is 14.8 Å². The third-order valence-electron chi connectivity index (χ3n) is 4.94. The molecule has 1 N–H and O–H groups in total. The zero-order valence-corrected chi connectivity index (χ0v) is 16.0. The molecule has 1 aliphatic rings. The first-order chi connectivity index (χ1) is 13.6. The molecule has 2 atom stereocenters. The maximum atomic E-state index is 12.6. The number of anilines is 1. The van der Waals surface area contributed by atoms with Gasteiger partial charge in [-0.25, -0.2) is 4.68 Å². The predicted octanol–water partition coefficient (Wildman–Crippen LogP) is 4.05. The van der Waals surface area contributed by atoms with Crippen molar-refractivity contribution in [3.8, 4) is 11.4 Å². The van der Waals surface area contributed by atoms with Crippen molar-refractivity contribution >= 4 is 11.7 Å². The lowest BCUT2D eigenvalue weighted by molar-refractivity contribution is -0.126. The zero-order valence-electron chi connectivity index (χ0n) is 16.0. The van der Waals surface area contributed by atoms with Gasteiger partial charge in [-0.1, -0.05) is 30.3 Å². The van der Waals surface area contributed by atoms with Crippen molar-refractivity contribution in [3.63, 3.8) is 0 Å². The molecule has 1 aliphatic heterocycles. The second-order valence-electron chi connectivity index (χ2n) is 6.87. The van der Waals surface area contributed by atoms with E-state index in [1.54, 1.807) is 11.8 Å². The van der Waals surface area contributed by atoms with Crippen molar-refractivity contribution in [1.82, 2.24) is 9.78 Å². The summed E-state index contributed by atoms with van der Waals surface area (Å²) in [5, 5.41) is 7.40. The van der Waals surface area contributed by atoms with Crippen LogP contribution in [-0.4, -0.2) is 28.9 Å². The Morgan fingerprint density at radius 3 is 2.61 bits per heavy atom. The van der Waals surface area contributed by atoms with Crippen LogP contribution in [0.25, 0.3) is 5.69 Å². The van der Waals surface area contributed by atoms with E-state index in [1.165, 1.54) is 0 Å². The minimum atomic E-state index is -0.461. The Bertz CT molecular complexity index is 951. The van der Waals surface area contributed by atoms with Crippen LogP contribution in [0.1, 0.15) is 30.2 Å². The molecule has 6 heteroatoms. The molecule has 1 aromatic heterocycles. The van der Waals surface area contributed by atoms with Crippen molar-refractivity contribution in [2.45, 2.75) is 32.0 Å². The van der Waals surface area contributed by atoms with E-state index < -0.39 is 6.10 Å². The summed E-state index contributed by atoms with van der Waals surface area (Å²) in [6, 6.07) is 19.5. The lowest BCUT2D eigenvalue weighted by Gasteiger charge is -2.13. The Balaban J connectivity index is 1.42. The number of carbonyl (C=O) groups is 1. The smallest absolute Gasteiger partial charge is 0.254 e. The topological polar surface area (TPSA) is 65.4 Å². The monoisotopic (exact) mass is 377 g/mol. The molecule has 3 aromatic rings. The molecule has 6 nitrogen and oxygen atoms in total. The molecule has 1 fully saturated rings. The second kappa shape index (κ2) is 7.86. The molecule has 28 heavy (non-hydrogen) atoms.